The average Bonchev–Trinajstić information content (AvgIpc) is 3.24. The van der Waals surface area contributed by atoms with E-state index < -0.39 is 0 Å². The highest BCUT2D eigenvalue weighted by atomic mass is 35.5. The van der Waals surface area contributed by atoms with Gasteiger partial charge in [-0.3, -0.25) is 4.79 Å². The van der Waals surface area contributed by atoms with Crippen LogP contribution in [0.25, 0.3) is 27.9 Å². The van der Waals surface area contributed by atoms with Crippen molar-refractivity contribution in [1.82, 2.24) is 4.98 Å². The number of amides is 1. The molecule has 0 aliphatic carbocycles. The van der Waals surface area contributed by atoms with E-state index in [1.54, 1.807) is 23.5 Å². The lowest BCUT2D eigenvalue weighted by Crippen LogP contribution is -2.07. The third-order valence-corrected chi connectivity index (χ3v) is 5.85. The molecular formula is C24H16Cl2N2OS. The lowest BCUT2D eigenvalue weighted by molar-refractivity contribution is -0.111. The van der Waals surface area contributed by atoms with E-state index in [9.17, 15) is 4.79 Å². The summed E-state index contributed by atoms with van der Waals surface area (Å²) in [6, 6.07) is 22.6. The van der Waals surface area contributed by atoms with Gasteiger partial charge in [0.1, 0.15) is 5.01 Å². The number of halogens is 2. The third kappa shape index (κ3) is 4.97. The summed E-state index contributed by atoms with van der Waals surface area (Å²) in [4.78, 5) is 16.9. The van der Waals surface area contributed by atoms with Crippen molar-refractivity contribution in [2.75, 3.05) is 5.32 Å². The van der Waals surface area contributed by atoms with Crippen molar-refractivity contribution >= 4 is 52.2 Å². The fourth-order valence-electron chi connectivity index (χ4n) is 2.82. The smallest absolute Gasteiger partial charge is 0.248 e. The number of anilines is 1. The molecule has 1 amide bonds. The summed E-state index contributed by atoms with van der Waals surface area (Å²) in [6.45, 7) is 0. The maximum Gasteiger partial charge on any atom is 0.248 e. The Bertz CT molecular complexity index is 1200. The molecule has 0 saturated carbocycles. The zero-order valence-corrected chi connectivity index (χ0v) is 18.0. The standard InChI is InChI=1S/C24H16Cl2N2OS/c25-19-10-5-18(6-11-19)24-28-22(15-30-24)17-7-12-20(13-8-17)27-23(29)14-9-16-3-1-2-4-21(16)26/h1-15H,(H,27,29)/b14-9+. The molecule has 0 bridgehead atoms. The molecule has 6 heteroatoms. The molecule has 0 atom stereocenters. The van der Waals surface area contributed by atoms with Crippen LogP contribution >= 0.6 is 34.5 Å². The highest BCUT2D eigenvalue weighted by Gasteiger charge is 2.07. The fourth-order valence-corrected chi connectivity index (χ4v) is 3.98. The van der Waals surface area contributed by atoms with E-state index in [2.05, 4.69) is 5.32 Å². The minimum Gasteiger partial charge on any atom is -0.323 e. The Morgan fingerprint density at radius 2 is 1.60 bits per heavy atom. The first kappa shape index (κ1) is 20.4. The predicted molar refractivity (Wildman–Crippen MR) is 127 cm³/mol. The predicted octanol–water partition coefficient (Wildman–Crippen LogP) is 7.44. The highest BCUT2D eigenvalue weighted by molar-refractivity contribution is 7.13. The first-order valence-electron chi connectivity index (χ1n) is 9.14. The first-order chi connectivity index (χ1) is 14.6. The molecule has 3 nitrogen and oxygen atoms in total. The van der Waals surface area contributed by atoms with E-state index in [-0.39, 0.29) is 5.91 Å². The third-order valence-electron chi connectivity index (χ3n) is 4.36. The van der Waals surface area contributed by atoms with Gasteiger partial charge in [-0.25, -0.2) is 4.98 Å². The van der Waals surface area contributed by atoms with Crippen LogP contribution in [0.4, 0.5) is 5.69 Å². The molecule has 0 radical (unpaired) electrons. The van der Waals surface area contributed by atoms with Gasteiger partial charge >= 0.3 is 0 Å². The summed E-state index contributed by atoms with van der Waals surface area (Å²) < 4.78 is 0. The van der Waals surface area contributed by atoms with Crippen molar-refractivity contribution in [3.63, 3.8) is 0 Å². The number of rotatable bonds is 5. The van der Waals surface area contributed by atoms with E-state index >= 15 is 0 Å². The molecule has 0 aliphatic rings. The maximum atomic E-state index is 12.2. The Balaban J connectivity index is 1.42. The van der Waals surface area contributed by atoms with E-state index in [0.717, 1.165) is 27.4 Å². The van der Waals surface area contributed by atoms with Crippen LogP contribution in [0.2, 0.25) is 10.0 Å². The molecule has 4 rings (SSSR count). The number of benzene rings is 3. The van der Waals surface area contributed by atoms with Gasteiger partial charge in [0.25, 0.3) is 0 Å². The minimum atomic E-state index is -0.221. The molecular weight excluding hydrogens is 435 g/mol. The molecule has 0 aliphatic heterocycles. The molecule has 0 fully saturated rings. The van der Waals surface area contributed by atoms with Gasteiger partial charge in [-0.2, -0.15) is 0 Å². The number of nitrogens with zero attached hydrogens (tertiary/aromatic N) is 1. The molecule has 1 aromatic heterocycles. The topological polar surface area (TPSA) is 42.0 Å². The van der Waals surface area contributed by atoms with Crippen molar-refractivity contribution in [3.8, 4) is 21.8 Å². The number of thiazole rings is 1. The Kier molecular flexibility index (Phi) is 6.29. The summed E-state index contributed by atoms with van der Waals surface area (Å²) >= 11 is 13.6. The van der Waals surface area contributed by atoms with Crippen LogP contribution in [-0.2, 0) is 4.79 Å². The molecule has 0 saturated heterocycles. The monoisotopic (exact) mass is 450 g/mol. The van der Waals surface area contributed by atoms with Gasteiger partial charge < -0.3 is 5.32 Å². The lowest BCUT2D eigenvalue weighted by atomic mass is 10.1. The van der Waals surface area contributed by atoms with Crippen molar-refractivity contribution in [3.05, 3.63) is 99.9 Å². The average molecular weight is 451 g/mol. The SMILES string of the molecule is O=C(/C=C/c1ccccc1Cl)Nc1ccc(-c2csc(-c3ccc(Cl)cc3)n2)cc1. The van der Waals surface area contributed by atoms with Crippen LogP contribution in [-0.4, -0.2) is 10.9 Å². The molecule has 30 heavy (non-hydrogen) atoms. The van der Waals surface area contributed by atoms with Gasteiger partial charge in [-0.15, -0.1) is 11.3 Å². The van der Waals surface area contributed by atoms with Crippen LogP contribution < -0.4 is 5.32 Å². The van der Waals surface area contributed by atoms with Crippen LogP contribution in [0.5, 0.6) is 0 Å². The Hall–Kier alpha value is -2.92. The van der Waals surface area contributed by atoms with Crippen LogP contribution in [0, 0.1) is 0 Å². The quantitative estimate of drug-likeness (QED) is 0.321. The summed E-state index contributed by atoms with van der Waals surface area (Å²) in [5, 5.41) is 7.11. The molecule has 1 N–H and O–H groups in total. The summed E-state index contributed by atoms with van der Waals surface area (Å²) in [5.41, 5.74) is 4.41. The van der Waals surface area contributed by atoms with Gasteiger partial charge in [0.15, 0.2) is 0 Å². The molecule has 4 aromatic rings. The minimum absolute atomic E-state index is 0.221. The number of aromatic nitrogens is 1. The fraction of sp³-hybridized carbons (Fsp3) is 0. The number of hydrogen-bond acceptors (Lipinski definition) is 3. The van der Waals surface area contributed by atoms with Gasteiger partial charge in [0.05, 0.1) is 5.69 Å². The van der Waals surface area contributed by atoms with Crippen molar-refractivity contribution in [1.29, 1.82) is 0 Å². The second-order valence-electron chi connectivity index (χ2n) is 6.47. The van der Waals surface area contributed by atoms with Crippen molar-refractivity contribution < 1.29 is 4.79 Å². The van der Waals surface area contributed by atoms with E-state index in [0.29, 0.717) is 15.7 Å². The normalized spacial score (nSPS) is 11.0. The molecule has 0 spiro atoms. The first-order valence-corrected chi connectivity index (χ1v) is 10.8. The summed E-state index contributed by atoms with van der Waals surface area (Å²) in [6.07, 6.45) is 3.16. The summed E-state index contributed by atoms with van der Waals surface area (Å²) in [5.74, 6) is -0.221. The molecule has 1 heterocycles. The maximum absolute atomic E-state index is 12.2. The van der Waals surface area contributed by atoms with Gasteiger partial charge in [0.2, 0.25) is 5.91 Å². The second-order valence-corrected chi connectivity index (χ2v) is 8.17. The Morgan fingerprint density at radius 1 is 0.900 bits per heavy atom. The second kappa shape index (κ2) is 9.26. The molecule has 148 valence electrons. The van der Waals surface area contributed by atoms with Gasteiger partial charge in [0, 0.05) is 38.3 Å². The van der Waals surface area contributed by atoms with E-state index in [1.807, 2.05) is 72.1 Å². The van der Waals surface area contributed by atoms with E-state index in [1.165, 1.54) is 6.08 Å². The van der Waals surface area contributed by atoms with Crippen LogP contribution in [0.15, 0.2) is 84.3 Å². The molecule has 3 aromatic carbocycles. The largest absolute Gasteiger partial charge is 0.323 e. The Morgan fingerprint density at radius 3 is 2.33 bits per heavy atom. The Labute approximate surface area is 188 Å². The zero-order chi connectivity index (χ0) is 20.9. The number of nitrogens with one attached hydrogen (secondary N) is 1. The highest BCUT2D eigenvalue weighted by Crippen LogP contribution is 2.30. The van der Waals surface area contributed by atoms with Crippen molar-refractivity contribution in [2.24, 2.45) is 0 Å². The number of carbonyl (C=O) groups is 1. The zero-order valence-electron chi connectivity index (χ0n) is 15.7. The van der Waals surface area contributed by atoms with E-state index in [4.69, 9.17) is 28.2 Å². The van der Waals surface area contributed by atoms with Gasteiger partial charge in [-0.1, -0.05) is 65.7 Å². The molecule has 0 unspecified atom stereocenters. The van der Waals surface area contributed by atoms with Gasteiger partial charge in [-0.05, 0) is 42.0 Å². The number of carbonyl (C=O) groups excluding carboxylic acids is 1. The summed E-state index contributed by atoms with van der Waals surface area (Å²) in [7, 11) is 0. The van der Waals surface area contributed by atoms with Crippen LogP contribution in [0.1, 0.15) is 5.56 Å². The van der Waals surface area contributed by atoms with Crippen LogP contribution in [0.3, 0.4) is 0 Å². The lowest BCUT2D eigenvalue weighted by Gasteiger charge is -2.04. The van der Waals surface area contributed by atoms with Crippen molar-refractivity contribution in [2.45, 2.75) is 0 Å². The number of hydrogen-bond donors (Lipinski definition) is 1.